The maximum atomic E-state index is 12.4. The summed E-state index contributed by atoms with van der Waals surface area (Å²) in [5, 5.41) is 0. The predicted molar refractivity (Wildman–Crippen MR) is 77.6 cm³/mol. The van der Waals surface area contributed by atoms with Crippen molar-refractivity contribution < 1.29 is 9.53 Å². The van der Waals surface area contributed by atoms with Gasteiger partial charge in [-0.1, -0.05) is 0 Å². The van der Waals surface area contributed by atoms with Crippen molar-refractivity contribution in [2.75, 3.05) is 12.8 Å². The smallest absolute Gasteiger partial charge is 0.207 e. The van der Waals surface area contributed by atoms with Crippen molar-refractivity contribution >= 4 is 38.7 Å². The minimum absolute atomic E-state index is 0.0585. The van der Waals surface area contributed by atoms with Crippen LogP contribution < -0.4 is 10.5 Å². The topological polar surface area (TPSA) is 52.3 Å². The first kappa shape index (κ1) is 13.1. The second kappa shape index (κ2) is 5.12. The molecule has 1 heterocycles. The molecule has 0 atom stereocenters. The Hall–Kier alpha value is -1.33. The highest BCUT2D eigenvalue weighted by atomic mass is 79.9. The van der Waals surface area contributed by atoms with Gasteiger partial charge < -0.3 is 10.5 Å². The third kappa shape index (κ3) is 2.42. The van der Waals surface area contributed by atoms with Gasteiger partial charge in [0.15, 0.2) is 0 Å². The standard InChI is InChI=1S/C13H12BrNO2S/c1-7-5-10(14)13(18-7)12(16)9-4-3-8(15)6-11(9)17-2/h3-6H,15H2,1-2H3. The number of ketones is 1. The number of methoxy groups -OCH3 is 1. The number of thiophene rings is 1. The number of rotatable bonds is 3. The molecule has 0 aliphatic rings. The molecule has 0 aliphatic heterocycles. The monoisotopic (exact) mass is 325 g/mol. The van der Waals surface area contributed by atoms with Gasteiger partial charge in [-0.25, -0.2) is 0 Å². The van der Waals surface area contributed by atoms with Crippen molar-refractivity contribution in [2.24, 2.45) is 0 Å². The van der Waals surface area contributed by atoms with Gasteiger partial charge in [0.2, 0.25) is 5.78 Å². The van der Waals surface area contributed by atoms with Crippen molar-refractivity contribution in [1.82, 2.24) is 0 Å². The van der Waals surface area contributed by atoms with Gasteiger partial charge in [0, 0.05) is 21.1 Å². The van der Waals surface area contributed by atoms with Crippen molar-refractivity contribution in [3.63, 3.8) is 0 Å². The fraction of sp³-hybridized carbons (Fsp3) is 0.154. The molecule has 2 N–H and O–H groups in total. The zero-order valence-corrected chi connectivity index (χ0v) is 12.4. The second-order valence-corrected chi connectivity index (χ2v) is 5.93. The van der Waals surface area contributed by atoms with E-state index in [1.165, 1.54) is 18.4 Å². The summed E-state index contributed by atoms with van der Waals surface area (Å²) in [6.07, 6.45) is 0. The molecule has 0 saturated heterocycles. The normalized spacial score (nSPS) is 10.4. The third-order valence-corrected chi connectivity index (χ3v) is 4.42. The summed E-state index contributed by atoms with van der Waals surface area (Å²) in [7, 11) is 1.53. The third-order valence-electron chi connectivity index (χ3n) is 2.49. The van der Waals surface area contributed by atoms with Crippen LogP contribution in [-0.4, -0.2) is 12.9 Å². The molecule has 1 aromatic carbocycles. The molecule has 94 valence electrons. The Kier molecular flexibility index (Phi) is 3.73. The quantitative estimate of drug-likeness (QED) is 0.692. The van der Waals surface area contributed by atoms with Crippen LogP contribution in [0.15, 0.2) is 28.7 Å². The molecule has 0 radical (unpaired) electrons. The van der Waals surface area contributed by atoms with Gasteiger partial charge >= 0.3 is 0 Å². The van der Waals surface area contributed by atoms with Crippen LogP contribution in [0.25, 0.3) is 0 Å². The molecule has 2 aromatic rings. The molecular weight excluding hydrogens is 314 g/mol. The number of carbonyl (C=O) groups excluding carboxylic acids is 1. The van der Waals surface area contributed by atoms with E-state index >= 15 is 0 Å². The van der Waals surface area contributed by atoms with Gasteiger partial charge in [0.05, 0.1) is 17.6 Å². The Labute approximate surface area is 118 Å². The number of nitrogens with two attached hydrogens (primary N) is 1. The minimum Gasteiger partial charge on any atom is -0.496 e. The first-order valence-electron chi connectivity index (χ1n) is 5.27. The Morgan fingerprint density at radius 3 is 2.67 bits per heavy atom. The lowest BCUT2D eigenvalue weighted by molar-refractivity contribution is 0.103. The highest BCUT2D eigenvalue weighted by Crippen LogP contribution is 2.32. The fourth-order valence-corrected chi connectivity index (χ4v) is 3.43. The van der Waals surface area contributed by atoms with Gasteiger partial charge in [-0.15, -0.1) is 11.3 Å². The SMILES string of the molecule is COc1cc(N)ccc1C(=O)c1sc(C)cc1Br. The Bertz CT molecular complexity index is 607. The molecule has 0 amide bonds. The lowest BCUT2D eigenvalue weighted by atomic mass is 10.1. The fourth-order valence-electron chi connectivity index (χ4n) is 1.66. The molecule has 0 fully saturated rings. The van der Waals surface area contributed by atoms with Crippen molar-refractivity contribution in [3.8, 4) is 5.75 Å². The summed E-state index contributed by atoms with van der Waals surface area (Å²) in [6.45, 7) is 1.96. The molecule has 0 aliphatic carbocycles. The minimum atomic E-state index is -0.0585. The number of anilines is 1. The number of hydrogen-bond donors (Lipinski definition) is 1. The van der Waals surface area contributed by atoms with E-state index in [0.717, 1.165) is 9.35 Å². The summed E-state index contributed by atoms with van der Waals surface area (Å²) >= 11 is 4.86. The van der Waals surface area contributed by atoms with Crippen LogP contribution in [0.2, 0.25) is 0 Å². The molecular formula is C13H12BrNO2S. The molecule has 2 rings (SSSR count). The van der Waals surface area contributed by atoms with E-state index in [4.69, 9.17) is 10.5 Å². The molecule has 0 unspecified atom stereocenters. The van der Waals surface area contributed by atoms with Gasteiger partial charge in [0.1, 0.15) is 5.75 Å². The molecule has 0 spiro atoms. The van der Waals surface area contributed by atoms with Crippen LogP contribution >= 0.6 is 27.3 Å². The van der Waals surface area contributed by atoms with Crippen molar-refractivity contribution in [3.05, 3.63) is 44.1 Å². The highest BCUT2D eigenvalue weighted by Gasteiger charge is 2.19. The van der Waals surface area contributed by atoms with E-state index in [0.29, 0.717) is 21.9 Å². The second-order valence-electron chi connectivity index (χ2n) is 3.82. The molecule has 1 aromatic heterocycles. The van der Waals surface area contributed by atoms with Crippen LogP contribution in [-0.2, 0) is 0 Å². The number of carbonyl (C=O) groups is 1. The number of hydrogen-bond acceptors (Lipinski definition) is 4. The van der Waals surface area contributed by atoms with Gasteiger partial charge in [-0.2, -0.15) is 0 Å². The lowest BCUT2D eigenvalue weighted by Crippen LogP contribution is -2.03. The molecule has 5 heteroatoms. The average molecular weight is 326 g/mol. The van der Waals surface area contributed by atoms with Crippen LogP contribution in [0.3, 0.4) is 0 Å². The van der Waals surface area contributed by atoms with Crippen LogP contribution in [0, 0.1) is 6.92 Å². The van der Waals surface area contributed by atoms with E-state index in [-0.39, 0.29) is 5.78 Å². The first-order chi connectivity index (χ1) is 8.52. The summed E-state index contributed by atoms with van der Waals surface area (Å²) in [4.78, 5) is 14.2. The average Bonchev–Trinajstić information content (AvgIpc) is 2.67. The summed E-state index contributed by atoms with van der Waals surface area (Å²) in [6, 6.07) is 6.98. The van der Waals surface area contributed by atoms with E-state index in [1.807, 2.05) is 13.0 Å². The number of nitrogen functional groups attached to an aromatic ring is 1. The number of aryl methyl sites for hydroxylation is 1. The Morgan fingerprint density at radius 1 is 1.39 bits per heavy atom. The van der Waals surface area contributed by atoms with Gasteiger partial charge in [-0.3, -0.25) is 4.79 Å². The zero-order valence-electron chi connectivity index (χ0n) is 9.99. The zero-order chi connectivity index (χ0) is 13.3. The van der Waals surface area contributed by atoms with Crippen LogP contribution in [0.1, 0.15) is 20.1 Å². The number of benzene rings is 1. The molecule has 0 saturated carbocycles. The van der Waals surface area contributed by atoms with Crippen LogP contribution in [0.5, 0.6) is 5.75 Å². The summed E-state index contributed by atoms with van der Waals surface area (Å²) < 4.78 is 6.02. The van der Waals surface area contributed by atoms with Crippen molar-refractivity contribution in [2.45, 2.75) is 6.92 Å². The van der Waals surface area contributed by atoms with Gasteiger partial charge in [-0.05, 0) is 41.1 Å². The van der Waals surface area contributed by atoms with Crippen LogP contribution in [0.4, 0.5) is 5.69 Å². The molecule has 0 bridgehead atoms. The van der Waals surface area contributed by atoms with E-state index in [1.54, 1.807) is 18.2 Å². The maximum absolute atomic E-state index is 12.4. The lowest BCUT2D eigenvalue weighted by Gasteiger charge is -2.07. The van der Waals surface area contributed by atoms with Gasteiger partial charge in [0.25, 0.3) is 0 Å². The van der Waals surface area contributed by atoms with Crippen molar-refractivity contribution in [1.29, 1.82) is 0 Å². The highest BCUT2D eigenvalue weighted by molar-refractivity contribution is 9.10. The largest absolute Gasteiger partial charge is 0.496 e. The predicted octanol–water partition coefficient (Wildman–Crippen LogP) is 3.64. The summed E-state index contributed by atoms with van der Waals surface area (Å²) in [5.41, 5.74) is 6.77. The summed E-state index contributed by atoms with van der Waals surface area (Å²) in [5.74, 6) is 0.440. The number of halogens is 1. The Morgan fingerprint density at radius 2 is 2.11 bits per heavy atom. The number of ether oxygens (including phenoxy) is 1. The Balaban J connectivity index is 2.49. The molecule has 3 nitrogen and oxygen atoms in total. The maximum Gasteiger partial charge on any atom is 0.207 e. The van der Waals surface area contributed by atoms with E-state index in [2.05, 4.69) is 15.9 Å². The molecule has 18 heavy (non-hydrogen) atoms. The van der Waals surface area contributed by atoms with E-state index in [9.17, 15) is 4.79 Å². The first-order valence-corrected chi connectivity index (χ1v) is 6.88. The van der Waals surface area contributed by atoms with E-state index < -0.39 is 0 Å².